The Labute approximate surface area is 317 Å². The number of aromatic nitrogens is 5. The Morgan fingerprint density at radius 2 is 1.50 bits per heavy atom. The summed E-state index contributed by atoms with van der Waals surface area (Å²) >= 11 is 0. The number of hydrogen-bond donors (Lipinski definition) is 4. The van der Waals surface area contributed by atoms with Crippen LogP contribution >= 0.6 is 0 Å². The van der Waals surface area contributed by atoms with Gasteiger partial charge >= 0.3 is 5.69 Å². The lowest BCUT2D eigenvalue weighted by atomic mass is 10.2. The third-order valence-electron chi connectivity index (χ3n) is 9.18. The van der Waals surface area contributed by atoms with Crippen molar-refractivity contribution in [1.82, 2.24) is 28.6 Å². The zero-order chi connectivity index (χ0) is 39.0. The van der Waals surface area contributed by atoms with Crippen molar-refractivity contribution >= 4 is 22.1 Å². The number of aliphatic hydroxyl groups excluding tert-OH is 2. The van der Waals surface area contributed by atoms with E-state index in [2.05, 4.69) is 61.4 Å². The van der Waals surface area contributed by atoms with Crippen LogP contribution in [0.25, 0.3) is 22.8 Å². The summed E-state index contributed by atoms with van der Waals surface area (Å²) in [5, 5.41) is 22.4. The fraction of sp³-hybridized carbons (Fsp3) is 0.500. The van der Waals surface area contributed by atoms with Crippen LogP contribution in [0.5, 0.6) is 0 Å². The number of carbonyl (C=O) groups excluding carboxylic acids is 1. The Balaban J connectivity index is 1.34. The Kier molecular flexibility index (Phi) is 13.6. The smallest absolute Gasteiger partial charge is 0.330 e. The highest BCUT2D eigenvalue weighted by Gasteiger charge is 2.35. The molecule has 1 aliphatic rings. The monoisotopic (exact) mass is 778 g/mol. The molecule has 1 aliphatic heterocycles. The number of carbonyl (C=O) groups is 1. The molecule has 4 aromatic rings. The highest BCUT2D eigenvalue weighted by Crippen LogP contribution is 2.31. The van der Waals surface area contributed by atoms with Crippen molar-refractivity contribution in [2.75, 3.05) is 26.4 Å². The van der Waals surface area contributed by atoms with Gasteiger partial charge in [-0.05, 0) is 48.5 Å². The van der Waals surface area contributed by atoms with Crippen LogP contribution in [0.4, 0.5) is 0 Å². The summed E-state index contributed by atoms with van der Waals surface area (Å²) in [6, 6.07) is 14.1. The largest absolute Gasteiger partial charge is 0.394 e. The molecule has 0 saturated carbocycles. The van der Waals surface area contributed by atoms with Gasteiger partial charge in [-0.3, -0.25) is 19.1 Å². The molecule has 0 bridgehead atoms. The molecular weight excluding hydrogens is 725 g/mol. The van der Waals surface area contributed by atoms with Gasteiger partial charge in [0.05, 0.1) is 42.0 Å². The summed E-state index contributed by atoms with van der Waals surface area (Å²) in [6.45, 7) is 15.6. The highest BCUT2D eigenvalue weighted by molar-refractivity contribution is 6.76. The number of nitrogens with zero attached hydrogens (tertiary/aromatic N) is 4. The van der Waals surface area contributed by atoms with E-state index in [9.17, 15) is 24.6 Å². The van der Waals surface area contributed by atoms with Crippen LogP contribution in [0, 0.1) is 11.8 Å². The second-order valence-corrected chi connectivity index (χ2v) is 27.3. The second-order valence-electron chi connectivity index (χ2n) is 16.0. The van der Waals surface area contributed by atoms with Crippen LogP contribution in [0.2, 0.25) is 51.4 Å². The normalized spacial score (nSPS) is 17.4. The molecule has 54 heavy (non-hydrogen) atoms. The molecule has 5 rings (SSSR count). The Morgan fingerprint density at radius 3 is 2.02 bits per heavy atom. The number of nitrogens with one attached hydrogen (secondary N) is 2. The minimum Gasteiger partial charge on any atom is -0.394 e. The van der Waals surface area contributed by atoms with Crippen LogP contribution in [-0.2, 0) is 39.0 Å². The summed E-state index contributed by atoms with van der Waals surface area (Å²) in [5.41, 5.74) is 2.08. The summed E-state index contributed by atoms with van der Waals surface area (Å²) < 4.78 is 24.9. The SMILES string of the molecule is C[Si](C)(C)CCOCn1cccc1-c1ccc(-c2cccn2COCC[Si](C)(C)C)n1CC(=O)NCC#Cc1cn([C@H]2C[C@H](O)[C@@H](CO)O2)c(=O)[nH]c1=O. The van der Waals surface area contributed by atoms with Crippen LogP contribution in [0.15, 0.2) is 64.6 Å². The number of ether oxygens (including phenoxy) is 3. The lowest BCUT2D eigenvalue weighted by Crippen LogP contribution is -2.33. The third-order valence-corrected chi connectivity index (χ3v) is 12.6. The maximum atomic E-state index is 13.5. The number of amides is 1. The van der Waals surface area contributed by atoms with E-state index >= 15 is 0 Å². The van der Waals surface area contributed by atoms with Gasteiger partial charge in [0, 0.05) is 54.4 Å². The van der Waals surface area contributed by atoms with Crippen molar-refractivity contribution in [2.24, 2.45) is 0 Å². The Hall–Kier alpha value is -4.22. The molecule has 1 amide bonds. The summed E-state index contributed by atoms with van der Waals surface area (Å²) in [7, 11) is -2.49. The summed E-state index contributed by atoms with van der Waals surface area (Å²) in [6.07, 6.45) is 2.61. The molecule has 0 aliphatic carbocycles. The quantitative estimate of drug-likeness (QED) is 0.0716. The fourth-order valence-corrected chi connectivity index (χ4v) is 7.52. The predicted molar refractivity (Wildman–Crippen MR) is 212 cm³/mol. The summed E-state index contributed by atoms with van der Waals surface area (Å²) in [5.74, 6) is 5.25. The van der Waals surface area contributed by atoms with Crippen molar-refractivity contribution in [3.8, 4) is 34.6 Å². The van der Waals surface area contributed by atoms with Crippen LogP contribution in [0.3, 0.4) is 0 Å². The van der Waals surface area contributed by atoms with Crippen molar-refractivity contribution in [2.45, 2.75) is 96.2 Å². The average Bonchev–Trinajstić information content (AvgIpc) is 3.90. The van der Waals surface area contributed by atoms with Gasteiger partial charge in [0.2, 0.25) is 5.91 Å². The zero-order valence-electron chi connectivity index (χ0n) is 32.1. The van der Waals surface area contributed by atoms with E-state index in [0.29, 0.717) is 26.7 Å². The van der Waals surface area contributed by atoms with E-state index in [1.165, 1.54) is 6.20 Å². The molecule has 4 aromatic heterocycles. The number of aromatic amines is 1. The van der Waals surface area contributed by atoms with Gasteiger partial charge in [-0.25, -0.2) is 4.79 Å². The van der Waals surface area contributed by atoms with Crippen molar-refractivity contribution in [1.29, 1.82) is 0 Å². The first-order chi connectivity index (χ1) is 25.6. The molecule has 1 fully saturated rings. The van der Waals surface area contributed by atoms with E-state index in [0.717, 1.165) is 39.4 Å². The molecule has 1 saturated heterocycles. The zero-order valence-corrected chi connectivity index (χ0v) is 34.1. The summed E-state index contributed by atoms with van der Waals surface area (Å²) in [4.78, 5) is 40.8. The van der Waals surface area contributed by atoms with E-state index in [4.69, 9.17) is 14.2 Å². The Morgan fingerprint density at radius 1 is 0.926 bits per heavy atom. The van der Waals surface area contributed by atoms with Crippen LogP contribution < -0.4 is 16.6 Å². The number of hydrogen-bond acceptors (Lipinski definition) is 8. The maximum Gasteiger partial charge on any atom is 0.330 e. The first kappa shape index (κ1) is 41.0. The van der Waals surface area contributed by atoms with Gasteiger partial charge in [0.25, 0.3) is 5.56 Å². The Bertz CT molecular complexity index is 1980. The van der Waals surface area contributed by atoms with Gasteiger partial charge in [-0.15, -0.1) is 0 Å². The van der Waals surface area contributed by atoms with Gasteiger partial charge in [-0.1, -0.05) is 51.1 Å². The predicted octanol–water partition coefficient (Wildman–Crippen LogP) is 3.71. The van der Waals surface area contributed by atoms with Crippen LogP contribution in [-0.4, -0.2) is 94.1 Å². The molecule has 0 aromatic carbocycles. The molecule has 14 nitrogen and oxygen atoms in total. The van der Waals surface area contributed by atoms with Crippen molar-refractivity contribution in [3.63, 3.8) is 0 Å². The van der Waals surface area contributed by atoms with Crippen LogP contribution in [0.1, 0.15) is 18.2 Å². The molecule has 16 heteroatoms. The highest BCUT2D eigenvalue weighted by atomic mass is 28.3. The number of aliphatic hydroxyl groups is 2. The van der Waals surface area contributed by atoms with E-state index in [1.807, 2.05) is 62.5 Å². The van der Waals surface area contributed by atoms with Gasteiger partial charge in [0.1, 0.15) is 37.9 Å². The lowest BCUT2D eigenvalue weighted by Gasteiger charge is -2.18. The second kappa shape index (κ2) is 17.9. The number of H-pyrrole nitrogens is 1. The standard InChI is InChI=1S/C38H54N6O8Si2/c1-53(2,3)20-18-50-26-41-16-8-11-29(41)31-13-14-32(30-12-9-17-42(30)27-51-19-21-54(4,5)6)43(31)24-35(47)39-15-7-10-28-23-44(38(49)40-37(28)48)36-22-33(46)34(25-45)52-36/h8-9,11-14,16-17,23,33-34,36,45-46H,15,18-22,24-27H2,1-6H3,(H,39,47)(H,40,48,49)/t33-,34+,36+/m0/s1. The first-order valence-corrected chi connectivity index (χ1v) is 25.8. The molecule has 3 atom stereocenters. The van der Waals surface area contributed by atoms with Crippen molar-refractivity contribution in [3.05, 3.63) is 81.4 Å². The van der Waals surface area contributed by atoms with Gasteiger partial charge in [-0.2, -0.15) is 0 Å². The minimum absolute atomic E-state index is 0.00924. The number of rotatable bonds is 17. The molecule has 0 spiro atoms. The van der Waals surface area contributed by atoms with E-state index < -0.39 is 52.4 Å². The third kappa shape index (κ3) is 10.9. The van der Waals surface area contributed by atoms with Crippen molar-refractivity contribution < 1.29 is 29.2 Å². The minimum atomic E-state index is -1.25. The molecular formula is C38H54N6O8Si2. The topological polar surface area (TPSA) is 167 Å². The van der Waals surface area contributed by atoms with Gasteiger partial charge < -0.3 is 43.4 Å². The molecule has 5 heterocycles. The molecule has 4 N–H and O–H groups in total. The van der Waals surface area contributed by atoms with E-state index in [1.54, 1.807) is 0 Å². The average molecular weight is 779 g/mol. The maximum absolute atomic E-state index is 13.5. The van der Waals surface area contributed by atoms with E-state index in [-0.39, 0.29) is 31.0 Å². The molecule has 0 unspecified atom stereocenters. The van der Waals surface area contributed by atoms with Gasteiger partial charge in [0.15, 0.2) is 0 Å². The molecule has 0 radical (unpaired) electrons. The fourth-order valence-electron chi connectivity index (χ4n) is 6.01. The molecule has 292 valence electrons. The lowest BCUT2D eigenvalue weighted by molar-refractivity contribution is -0.121. The first-order valence-electron chi connectivity index (χ1n) is 18.3.